The molecule has 1 amide bonds. The molecule has 0 atom stereocenters. The Morgan fingerprint density at radius 1 is 1.53 bits per heavy atom. The van der Waals surface area contributed by atoms with Crippen LogP contribution in [0.1, 0.15) is 39.5 Å². The molecule has 0 aliphatic heterocycles. The van der Waals surface area contributed by atoms with Gasteiger partial charge in [-0.15, -0.1) is 0 Å². The first kappa shape index (κ1) is 12.5. The highest BCUT2D eigenvalue weighted by Crippen LogP contribution is 2.42. The summed E-state index contributed by atoms with van der Waals surface area (Å²) in [4.78, 5) is 11.7. The highest BCUT2D eigenvalue weighted by atomic mass is 16.3. The van der Waals surface area contributed by atoms with Crippen LogP contribution in [0.2, 0.25) is 0 Å². The normalized spacial score (nSPS) is 19.5. The first-order valence-corrected chi connectivity index (χ1v) is 5.55. The van der Waals surface area contributed by atoms with E-state index in [9.17, 15) is 4.79 Å². The summed E-state index contributed by atoms with van der Waals surface area (Å²) < 4.78 is 0. The van der Waals surface area contributed by atoms with Crippen LogP contribution in [0.3, 0.4) is 0 Å². The van der Waals surface area contributed by atoms with Crippen molar-refractivity contribution >= 4 is 5.91 Å². The monoisotopic (exact) mass is 214 g/mol. The number of aliphatic hydroxyl groups excluding tert-OH is 1. The Bertz CT molecular complexity index is 229. The van der Waals surface area contributed by atoms with Gasteiger partial charge < -0.3 is 16.2 Å². The average Bonchev–Trinajstić information content (AvgIpc) is 2.11. The fourth-order valence-electron chi connectivity index (χ4n) is 1.93. The van der Waals surface area contributed by atoms with Crippen molar-refractivity contribution in [2.24, 2.45) is 11.1 Å². The van der Waals surface area contributed by atoms with Crippen molar-refractivity contribution in [1.82, 2.24) is 5.32 Å². The first-order valence-electron chi connectivity index (χ1n) is 5.55. The number of nitrogens with one attached hydrogen (secondary N) is 1. The molecule has 15 heavy (non-hydrogen) atoms. The van der Waals surface area contributed by atoms with Gasteiger partial charge in [0, 0.05) is 6.42 Å². The van der Waals surface area contributed by atoms with Crippen molar-refractivity contribution < 1.29 is 9.90 Å². The van der Waals surface area contributed by atoms with E-state index in [0.29, 0.717) is 13.0 Å². The Morgan fingerprint density at radius 2 is 2.13 bits per heavy atom. The molecular formula is C11H22N2O2. The first-order chi connectivity index (χ1) is 6.93. The number of amides is 1. The lowest BCUT2D eigenvalue weighted by Crippen LogP contribution is -2.49. The Balaban J connectivity index is 2.42. The largest absolute Gasteiger partial charge is 0.394 e. The smallest absolute Gasteiger partial charge is 0.221 e. The molecule has 0 bridgehead atoms. The minimum atomic E-state index is -0.531. The van der Waals surface area contributed by atoms with Crippen LogP contribution in [0, 0.1) is 5.41 Å². The molecule has 0 aromatic carbocycles. The van der Waals surface area contributed by atoms with Crippen LogP contribution < -0.4 is 11.1 Å². The average molecular weight is 214 g/mol. The number of hydrogen-bond acceptors (Lipinski definition) is 3. The molecule has 4 nitrogen and oxygen atoms in total. The number of rotatable bonds is 5. The quantitative estimate of drug-likeness (QED) is 0.620. The van der Waals surface area contributed by atoms with Gasteiger partial charge in [0.25, 0.3) is 0 Å². The van der Waals surface area contributed by atoms with Crippen LogP contribution in [-0.4, -0.2) is 29.7 Å². The minimum Gasteiger partial charge on any atom is -0.394 e. The third-order valence-corrected chi connectivity index (χ3v) is 3.26. The highest BCUT2D eigenvalue weighted by molar-refractivity contribution is 5.77. The van der Waals surface area contributed by atoms with E-state index in [1.54, 1.807) is 13.8 Å². The van der Waals surface area contributed by atoms with E-state index in [4.69, 9.17) is 10.8 Å². The molecular weight excluding hydrogens is 192 g/mol. The third kappa shape index (κ3) is 3.18. The molecule has 0 saturated heterocycles. The van der Waals surface area contributed by atoms with Crippen molar-refractivity contribution in [3.8, 4) is 0 Å². The van der Waals surface area contributed by atoms with Gasteiger partial charge in [-0.05, 0) is 38.6 Å². The lowest BCUT2D eigenvalue weighted by Gasteiger charge is -2.41. The fraction of sp³-hybridized carbons (Fsp3) is 0.909. The van der Waals surface area contributed by atoms with E-state index >= 15 is 0 Å². The van der Waals surface area contributed by atoms with Crippen LogP contribution in [0.5, 0.6) is 0 Å². The van der Waals surface area contributed by atoms with Crippen molar-refractivity contribution in [3.63, 3.8) is 0 Å². The lowest BCUT2D eigenvalue weighted by molar-refractivity contribution is -0.126. The molecule has 0 aromatic rings. The van der Waals surface area contributed by atoms with Crippen molar-refractivity contribution in [1.29, 1.82) is 0 Å². The standard InChI is InChI=1S/C11H22N2O2/c1-10(2,8-14)13-9(15)6-11(7-12)4-3-5-11/h14H,3-8,12H2,1-2H3,(H,13,15). The van der Waals surface area contributed by atoms with Gasteiger partial charge in [0.15, 0.2) is 0 Å². The van der Waals surface area contributed by atoms with Gasteiger partial charge in [0.05, 0.1) is 12.1 Å². The maximum atomic E-state index is 11.7. The zero-order chi connectivity index (χ0) is 11.5. The molecule has 0 radical (unpaired) electrons. The third-order valence-electron chi connectivity index (χ3n) is 3.26. The maximum absolute atomic E-state index is 11.7. The highest BCUT2D eigenvalue weighted by Gasteiger charge is 2.38. The van der Waals surface area contributed by atoms with Gasteiger partial charge in [-0.3, -0.25) is 4.79 Å². The molecule has 0 aromatic heterocycles. The van der Waals surface area contributed by atoms with Crippen LogP contribution in [0.15, 0.2) is 0 Å². The molecule has 1 saturated carbocycles. The second-order valence-electron chi connectivity index (χ2n) is 5.32. The zero-order valence-corrected chi connectivity index (χ0v) is 9.68. The summed E-state index contributed by atoms with van der Waals surface area (Å²) in [5.41, 5.74) is 5.19. The van der Waals surface area contributed by atoms with Crippen LogP contribution >= 0.6 is 0 Å². The molecule has 1 aliphatic rings. The molecule has 4 heteroatoms. The number of nitrogens with two attached hydrogens (primary N) is 1. The number of carbonyl (C=O) groups is 1. The molecule has 0 heterocycles. The predicted molar refractivity (Wildman–Crippen MR) is 59.3 cm³/mol. The number of aliphatic hydroxyl groups is 1. The Morgan fingerprint density at radius 3 is 2.47 bits per heavy atom. The van der Waals surface area contributed by atoms with E-state index in [1.807, 2.05) is 0 Å². The Kier molecular flexibility index (Phi) is 3.73. The zero-order valence-electron chi connectivity index (χ0n) is 9.68. The van der Waals surface area contributed by atoms with Crippen LogP contribution in [0.25, 0.3) is 0 Å². The molecule has 0 spiro atoms. The Hall–Kier alpha value is -0.610. The number of carbonyl (C=O) groups excluding carboxylic acids is 1. The van der Waals surface area contributed by atoms with Crippen molar-refractivity contribution in [3.05, 3.63) is 0 Å². The Labute approximate surface area is 91.2 Å². The summed E-state index contributed by atoms with van der Waals surface area (Å²) in [5, 5.41) is 11.8. The minimum absolute atomic E-state index is 0.000741. The van der Waals surface area contributed by atoms with Gasteiger partial charge in [-0.25, -0.2) is 0 Å². The van der Waals surface area contributed by atoms with Gasteiger partial charge in [-0.2, -0.15) is 0 Å². The topological polar surface area (TPSA) is 75.3 Å². The second kappa shape index (κ2) is 4.49. The van der Waals surface area contributed by atoms with Gasteiger partial charge in [0.2, 0.25) is 5.91 Å². The maximum Gasteiger partial charge on any atom is 0.221 e. The molecule has 0 unspecified atom stereocenters. The predicted octanol–water partition coefficient (Wildman–Crippen LogP) is 0.393. The van der Waals surface area contributed by atoms with E-state index < -0.39 is 5.54 Å². The molecule has 1 fully saturated rings. The SMILES string of the molecule is CC(C)(CO)NC(=O)CC1(CN)CCC1. The lowest BCUT2D eigenvalue weighted by atomic mass is 9.66. The molecule has 88 valence electrons. The summed E-state index contributed by atoms with van der Waals surface area (Å²) in [6, 6.07) is 0. The summed E-state index contributed by atoms with van der Waals surface area (Å²) in [7, 11) is 0. The van der Waals surface area contributed by atoms with Crippen LogP contribution in [0.4, 0.5) is 0 Å². The van der Waals surface area contributed by atoms with E-state index in [1.165, 1.54) is 6.42 Å². The summed E-state index contributed by atoms with van der Waals surface area (Å²) in [6.45, 7) is 4.15. The summed E-state index contributed by atoms with van der Waals surface area (Å²) in [5.74, 6) is -0.000741. The van der Waals surface area contributed by atoms with E-state index in [-0.39, 0.29) is 17.9 Å². The fourth-order valence-corrected chi connectivity index (χ4v) is 1.93. The number of hydrogen-bond donors (Lipinski definition) is 3. The van der Waals surface area contributed by atoms with Crippen molar-refractivity contribution in [2.45, 2.75) is 45.1 Å². The van der Waals surface area contributed by atoms with Gasteiger partial charge in [0.1, 0.15) is 0 Å². The summed E-state index contributed by atoms with van der Waals surface area (Å²) in [6.07, 6.45) is 3.77. The van der Waals surface area contributed by atoms with Crippen LogP contribution in [-0.2, 0) is 4.79 Å². The van der Waals surface area contributed by atoms with E-state index in [2.05, 4.69) is 5.32 Å². The van der Waals surface area contributed by atoms with Crippen molar-refractivity contribution in [2.75, 3.05) is 13.2 Å². The van der Waals surface area contributed by atoms with Gasteiger partial charge in [-0.1, -0.05) is 6.42 Å². The summed E-state index contributed by atoms with van der Waals surface area (Å²) >= 11 is 0. The molecule has 1 rings (SSSR count). The van der Waals surface area contributed by atoms with Gasteiger partial charge >= 0.3 is 0 Å². The van der Waals surface area contributed by atoms with E-state index in [0.717, 1.165) is 12.8 Å². The molecule has 1 aliphatic carbocycles. The molecule has 4 N–H and O–H groups in total. The second-order valence-corrected chi connectivity index (χ2v) is 5.32.